The predicted molar refractivity (Wildman–Crippen MR) is 119 cm³/mol. The molecule has 0 bridgehead atoms. The van der Waals surface area contributed by atoms with Crippen LogP contribution in [0, 0.1) is 0 Å². The molecule has 0 saturated heterocycles. The Kier molecular flexibility index (Phi) is 6.23. The van der Waals surface area contributed by atoms with E-state index in [1.54, 1.807) is 30.8 Å². The molecule has 4 aromatic heterocycles. The topological polar surface area (TPSA) is 115 Å². The van der Waals surface area contributed by atoms with Crippen molar-refractivity contribution in [1.82, 2.24) is 29.8 Å². The molecule has 0 fully saturated rings. The van der Waals surface area contributed by atoms with Crippen molar-refractivity contribution in [2.24, 2.45) is 7.05 Å². The van der Waals surface area contributed by atoms with Crippen LogP contribution in [0.2, 0.25) is 5.02 Å². The summed E-state index contributed by atoms with van der Waals surface area (Å²) in [5, 5.41) is 5.49. The van der Waals surface area contributed by atoms with E-state index in [-0.39, 0.29) is 16.4 Å². The highest BCUT2D eigenvalue weighted by Gasteiger charge is 2.34. The molecule has 4 rings (SSSR count). The van der Waals surface area contributed by atoms with Crippen LogP contribution < -0.4 is 10.6 Å². The molecule has 0 aromatic carbocycles. The molecule has 0 unspecified atom stereocenters. The lowest BCUT2D eigenvalue weighted by molar-refractivity contribution is -0.137. The van der Waals surface area contributed by atoms with Crippen molar-refractivity contribution in [2.45, 2.75) is 19.1 Å². The first-order chi connectivity index (χ1) is 16.0. The Hall–Kier alpha value is -3.58. The second kappa shape index (κ2) is 8.99. The van der Waals surface area contributed by atoms with Crippen molar-refractivity contribution in [3.05, 3.63) is 63.2 Å². The quantitative estimate of drug-likeness (QED) is 0.416. The van der Waals surface area contributed by atoms with Crippen LogP contribution in [0.25, 0.3) is 11.0 Å². The molecule has 0 saturated carbocycles. The number of rotatable bonds is 5. The van der Waals surface area contributed by atoms with E-state index in [9.17, 15) is 22.8 Å². The summed E-state index contributed by atoms with van der Waals surface area (Å²) in [7, 11) is 1.80. The van der Waals surface area contributed by atoms with Crippen LogP contribution in [0.1, 0.15) is 43.7 Å². The Labute approximate surface area is 199 Å². The molecule has 1 atom stereocenters. The second-order valence-electron chi connectivity index (χ2n) is 7.15. The molecule has 2 N–H and O–H groups in total. The number of nitrogens with one attached hydrogen (secondary N) is 2. The van der Waals surface area contributed by atoms with Crippen molar-refractivity contribution >= 4 is 51.6 Å². The van der Waals surface area contributed by atoms with E-state index < -0.39 is 34.6 Å². The lowest BCUT2D eigenvalue weighted by Gasteiger charge is -2.11. The molecule has 4 heterocycles. The van der Waals surface area contributed by atoms with E-state index in [2.05, 4.69) is 30.6 Å². The third-order valence-corrected chi connectivity index (χ3v) is 6.22. The fourth-order valence-corrected chi connectivity index (χ4v) is 4.11. The van der Waals surface area contributed by atoms with Gasteiger partial charge in [0.05, 0.1) is 28.2 Å². The van der Waals surface area contributed by atoms with Crippen molar-refractivity contribution < 1.29 is 22.8 Å². The molecular formula is C20H15ClF3N7O2S. The van der Waals surface area contributed by atoms with Gasteiger partial charge in [0, 0.05) is 19.4 Å². The van der Waals surface area contributed by atoms with Gasteiger partial charge >= 0.3 is 6.18 Å². The number of fused-ring (bicyclic) bond motifs is 1. The van der Waals surface area contributed by atoms with Crippen LogP contribution in [0.5, 0.6) is 0 Å². The summed E-state index contributed by atoms with van der Waals surface area (Å²) in [5.41, 5.74) is -0.315. The van der Waals surface area contributed by atoms with E-state index in [0.717, 1.165) is 17.5 Å². The first-order valence-corrected chi connectivity index (χ1v) is 10.8. The summed E-state index contributed by atoms with van der Waals surface area (Å²) < 4.78 is 40.8. The van der Waals surface area contributed by atoms with Gasteiger partial charge in [-0.05, 0) is 19.1 Å². The molecule has 176 valence electrons. The van der Waals surface area contributed by atoms with E-state index in [4.69, 9.17) is 11.6 Å². The van der Waals surface area contributed by atoms with Crippen molar-refractivity contribution in [2.75, 3.05) is 5.32 Å². The van der Waals surface area contributed by atoms with Crippen LogP contribution in [-0.2, 0) is 13.2 Å². The minimum absolute atomic E-state index is 0.119. The van der Waals surface area contributed by atoms with Gasteiger partial charge in [-0.25, -0.2) is 19.9 Å². The molecule has 0 radical (unpaired) electrons. The van der Waals surface area contributed by atoms with Gasteiger partial charge in [-0.1, -0.05) is 11.6 Å². The summed E-state index contributed by atoms with van der Waals surface area (Å²) in [6.07, 6.45) is 0.437. The highest BCUT2D eigenvalue weighted by molar-refractivity contribution is 7.13. The molecule has 4 aromatic rings. The zero-order chi connectivity index (χ0) is 24.6. The number of hydrogen-bond donors (Lipinski definition) is 2. The smallest absolute Gasteiger partial charge is 0.342 e. The number of carbonyl (C=O) groups is 2. The molecular weight excluding hydrogens is 495 g/mol. The van der Waals surface area contributed by atoms with Gasteiger partial charge in [-0.2, -0.15) is 13.2 Å². The lowest BCUT2D eigenvalue weighted by atomic mass is 10.2. The number of alkyl halides is 3. The lowest BCUT2D eigenvalue weighted by Crippen LogP contribution is -2.27. The number of pyridine rings is 1. The number of aryl methyl sites for hydroxylation is 1. The largest absolute Gasteiger partial charge is 0.418 e. The number of aromatic nitrogens is 5. The fourth-order valence-electron chi connectivity index (χ4n) is 3.08. The zero-order valence-corrected chi connectivity index (χ0v) is 19.1. The van der Waals surface area contributed by atoms with E-state index in [1.807, 2.05) is 0 Å². The Bertz CT molecular complexity index is 1400. The van der Waals surface area contributed by atoms with Crippen molar-refractivity contribution in [3.63, 3.8) is 0 Å². The van der Waals surface area contributed by atoms with Gasteiger partial charge in [0.1, 0.15) is 33.4 Å². The molecule has 0 spiro atoms. The third kappa shape index (κ3) is 4.70. The molecule has 14 heteroatoms. The van der Waals surface area contributed by atoms with Gasteiger partial charge in [0.2, 0.25) is 0 Å². The maximum Gasteiger partial charge on any atom is 0.418 e. The Balaban J connectivity index is 1.46. The summed E-state index contributed by atoms with van der Waals surface area (Å²) in [6, 6.07) is 1.81. The summed E-state index contributed by atoms with van der Waals surface area (Å²) in [4.78, 5) is 41.4. The molecule has 0 aliphatic heterocycles. The molecule has 34 heavy (non-hydrogen) atoms. The van der Waals surface area contributed by atoms with Gasteiger partial charge in [0.15, 0.2) is 0 Å². The minimum atomic E-state index is -4.69. The second-order valence-corrected chi connectivity index (χ2v) is 8.61. The highest BCUT2D eigenvalue weighted by atomic mass is 35.5. The number of carbonyl (C=O) groups excluding carboxylic acids is 2. The third-order valence-electron chi connectivity index (χ3n) is 4.74. The SMILES string of the molecule is C[C@H](NC(=O)c1ncnc2c1ccn2C)c1ncc(C(=O)Nc2cc(C(F)(F)F)c(Cl)cn2)s1. The van der Waals surface area contributed by atoms with Crippen LogP contribution in [0.15, 0.2) is 37.1 Å². The van der Waals surface area contributed by atoms with Gasteiger partial charge in [-0.15, -0.1) is 11.3 Å². The normalized spacial score (nSPS) is 12.5. The number of anilines is 1. The van der Waals surface area contributed by atoms with Gasteiger partial charge < -0.3 is 15.2 Å². The predicted octanol–water partition coefficient (Wildman–Crippen LogP) is 4.24. The standard InChI is InChI=1S/C20H15ClF3N7O2S/c1-9(29-18(33)15-10-3-4-31(2)16(10)28-8-27-15)19-26-7-13(34-19)17(32)30-14-5-11(20(22,23)24)12(21)6-25-14/h3-9H,1-2H3,(H,29,33)(H,25,30,32)/t9-/m0/s1. The van der Waals surface area contributed by atoms with Crippen LogP contribution in [0.4, 0.5) is 19.0 Å². The molecule has 0 aliphatic rings. The average Bonchev–Trinajstić information content (AvgIpc) is 3.42. The molecule has 0 aliphatic carbocycles. The van der Waals surface area contributed by atoms with Crippen LogP contribution in [0.3, 0.4) is 0 Å². The van der Waals surface area contributed by atoms with Crippen molar-refractivity contribution in [3.8, 4) is 0 Å². The van der Waals surface area contributed by atoms with Gasteiger partial charge in [-0.3, -0.25) is 9.59 Å². The zero-order valence-electron chi connectivity index (χ0n) is 17.5. The first kappa shape index (κ1) is 23.6. The summed E-state index contributed by atoms with van der Waals surface area (Å²) in [6.45, 7) is 1.68. The molecule has 9 nitrogen and oxygen atoms in total. The number of halogens is 4. The fraction of sp³-hybridized carbons (Fsp3) is 0.200. The van der Waals surface area contributed by atoms with E-state index >= 15 is 0 Å². The maximum atomic E-state index is 13.0. The monoisotopic (exact) mass is 509 g/mol. The summed E-state index contributed by atoms with van der Waals surface area (Å²) >= 11 is 6.52. The van der Waals surface area contributed by atoms with Crippen LogP contribution >= 0.6 is 22.9 Å². The Morgan fingerprint density at radius 2 is 1.91 bits per heavy atom. The van der Waals surface area contributed by atoms with Gasteiger partial charge in [0.25, 0.3) is 11.8 Å². The average molecular weight is 510 g/mol. The number of nitrogens with zero attached hydrogens (tertiary/aromatic N) is 5. The van der Waals surface area contributed by atoms with Crippen molar-refractivity contribution in [1.29, 1.82) is 0 Å². The van der Waals surface area contributed by atoms with E-state index in [1.165, 1.54) is 12.5 Å². The van der Waals surface area contributed by atoms with E-state index in [0.29, 0.717) is 22.1 Å². The highest BCUT2D eigenvalue weighted by Crippen LogP contribution is 2.35. The summed E-state index contributed by atoms with van der Waals surface area (Å²) in [5.74, 6) is -1.46. The van der Waals surface area contributed by atoms with Crippen LogP contribution in [-0.4, -0.2) is 36.3 Å². The minimum Gasteiger partial charge on any atom is -0.342 e. The Morgan fingerprint density at radius 1 is 1.15 bits per heavy atom. The number of hydrogen-bond acceptors (Lipinski definition) is 7. The molecule has 2 amide bonds. The Morgan fingerprint density at radius 3 is 2.65 bits per heavy atom. The maximum absolute atomic E-state index is 13.0. The number of amides is 2. The first-order valence-electron chi connectivity index (χ1n) is 9.61. The number of thiazole rings is 1.